The fraction of sp³-hybridized carbons (Fsp3) is 0.412. The van der Waals surface area contributed by atoms with Crippen LogP contribution >= 0.6 is 11.3 Å². The summed E-state index contributed by atoms with van der Waals surface area (Å²) < 4.78 is 5.71. The Bertz CT molecular complexity index is 567. The predicted molar refractivity (Wildman–Crippen MR) is 84.6 cm³/mol. The minimum atomic E-state index is -0.0756. The largest absolute Gasteiger partial charge is 0.494 e. The molecule has 2 nitrogen and oxygen atoms in total. The summed E-state index contributed by atoms with van der Waals surface area (Å²) in [7, 11) is 0. The summed E-state index contributed by atoms with van der Waals surface area (Å²) in [5.41, 5.74) is 9.09. The van der Waals surface area contributed by atoms with Crippen molar-refractivity contribution in [2.24, 2.45) is 5.73 Å². The maximum atomic E-state index is 6.49. The van der Waals surface area contributed by atoms with E-state index >= 15 is 0 Å². The second-order valence-corrected chi connectivity index (χ2v) is 6.42. The second-order valence-electron chi connectivity index (χ2n) is 5.25. The molecule has 2 N–H and O–H groups in total. The average Bonchev–Trinajstić information content (AvgIpc) is 2.91. The first-order valence-electron chi connectivity index (χ1n) is 7.38. The van der Waals surface area contributed by atoms with E-state index in [2.05, 4.69) is 12.1 Å². The van der Waals surface area contributed by atoms with Crippen LogP contribution in [-0.4, -0.2) is 6.61 Å². The van der Waals surface area contributed by atoms with Crippen LogP contribution < -0.4 is 10.5 Å². The lowest BCUT2D eigenvalue weighted by Gasteiger charge is -2.15. The van der Waals surface area contributed by atoms with Crippen molar-refractivity contribution in [1.29, 1.82) is 0 Å². The van der Waals surface area contributed by atoms with Crippen molar-refractivity contribution in [2.45, 2.75) is 38.6 Å². The van der Waals surface area contributed by atoms with Crippen LogP contribution in [0.4, 0.5) is 0 Å². The van der Waals surface area contributed by atoms with E-state index in [-0.39, 0.29) is 6.04 Å². The highest BCUT2D eigenvalue weighted by atomic mass is 32.1. The number of hydrogen-bond acceptors (Lipinski definition) is 3. The highest BCUT2D eigenvalue weighted by molar-refractivity contribution is 7.12. The Morgan fingerprint density at radius 3 is 2.85 bits per heavy atom. The molecule has 20 heavy (non-hydrogen) atoms. The summed E-state index contributed by atoms with van der Waals surface area (Å²) >= 11 is 1.88. The standard InChI is InChI=1S/C17H21NOS/c1-2-19-14-9-5-4-8-13(14)17(18)16-11-12-7-3-6-10-15(12)20-16/h4-5,8-9,11,17H,2-3,6-7,10,18H2,1H3. The van der Waals surface area contributed by atoms with Gasteiger partial charge in [0.05, 0.1) is 12.6 Å². The minimum Gasteiger partial charge on any atom is -0.494 e. The third-order valence-electron chi connectivity index (χ3n) is 3.88. The lowest BCUT2D eigenvalue weighted by Crippen LogP contribution is -2.12. The highest BCUT2D eigenvalue weighted by Gasteiger charge is 2.20. The third kappa shape index (κ3) is 2.60. The smallest absolute Gasteiger partial charge is 0.124 e. The number of hydrogen-bond donors (Lipinski definition) is 1. The van der Waals surface area contributed by atoms with Crippen molar-refractivity contribution in [3.05, 3.63) is 51.2 Å². The third-order valence-corrected chi connectivity index (χ3v) is 5.20. The first kappa shape index (κ1) is 13.7. The van der Waals surface area contributed by atoms with Gasteiger partial charge < -0.3 is 10.5 Å². The predicted octanol–water partition coefficient (Wildman–Crippen LogP) is 4.07. The molecule has 3 heteroatoms. The lowest BCUT2D eigenvalue weighted by atomic mass is 9.98. The zero-order chi connectivity index (χ0) is 13.9. The molecular weight excluding hydrogens is 266 g/mol. The maximum Gasteiger partial charge on any atom is 0.124 e. The number of para-hydroxylation sites is 1. The van der Waals surface area contributed by atoms with Crippen LogP contribution in [0.15, 0.2) is 30.3 Å². The summed E-state index contributed by atoms with van der Waals surface area (Å²) in [6.07, 6.45) is 5.07. The monoisotopic (exact) mass is 287 g/mol. The second kappa shape index (κ2) is 5.98. The highest BCUT2D eigenvalue weighted by Crippen LogP contribution is 2.36. The van der Waals surface area contributed by atoms with Gasteiger partial charge in [0.2, 0.25) is 0 Å². The molecule has 1 heterocycles. The van der Waals surface area contributed by atoms with Crippen LogP contribution in [0.25, 0.3) is 0 Å². The van der Waals surface area contributed by atoms with Gasteiger partial charge in [-0.2, -0.15) is 0 Å². The van der Waals surface area contributed by atoms with Crippen LogP contribution in [0.3, 0.4) is 0 Å². The van der Waals surface area contributed by atoms with E-state index in [0.717, 1.165) is 11.3 Å². The molecule has 3 rings (SSSR count). The van der Waals surface area contributed by atoms with Gasteiger partial charge in [-0.05, 0) is 50.3 Å². The Labute approximate surface area is 124 Å². The molecule has 106 valence electrons. The molecule has 0 bridgehead atoms. The molecule has 1 atom stereocenters. The quantitative estimate of drug-likeness (QED) is 0.920. The molecule has 0 radical (unpaired) electrons. The lowest BCUT2D eigenvalue weighted by molar-refractivity contribution is 0.335. The Morgan fingerprint density at radius 2 is 2.05 bits per heavy atom. The molecule has 1 aromatic carbocycles. The van der Waals surface area contributed by atoms with Gasteiger partial charge in [-0.15, -0.1) is 11.3 Å². The Balaban J connectivity index is 1.92. The Kier molecular flexibility index (Phi) is 4.08. The maximum absolute atomic E-state index is 6.49. The normalized spacial score (nSPS) is 15.7. The number of ether oxygens (including phenoxy) is 1. The van der Waals surface area contributed by atoms with E-state index in [9.17, 15) is 0 Å². The van der Waals surface area contributed by atoms with Gasteiger partial charge in [-0.25, -0.2) is 0 Å². The van der Waals surface area contributed by atoms with Crippen LogP contribution in [-0.2, 0) is 12.8 Å². The van der Waals surface area contributed by atoms with Crippen LogP contribution in [0, 0.1) is 0 Å². The first-order chi connectivity index (χ1) is 9.79. The van der Waals surface area contributed by atoms with E-state index in [1.165, 1.54) is 41.0 Å². The number of nitrogens with two attached hydrogens (primary N) is 1. The van der Waals surface area contributed by atoms with Crippen molar-refractivity contribution in [1.82, 2.24) is 0 Å². The number of fused-ring (bicyclic) bond motifs is 1. The molecule has 0 amide bonds. The summed E-state index contributed by atoms with van der Waals surface area (Å²) in [6, 6.07) is 10.4. The van der Waals surface area contributed by atoms with E-state index < -0.39 is 0 Å². The molecule has 0 saturated carbocycles. The van der Waals surface area contributed by atoms with Crippen LogP contribution in [0.2, 0.25) is 0 Å². The van der Waals surface area contributed by atoms with E-state index in [1.807, 2.05) is 36.5 Å². The van der Waals surface area contributed by atoms with Crippen LogP contribution in [0.5, 0.6) is 5.75 Å². The zero-order valence-electron chi connectivity index (χ0n) is 11.9. The number of benzene rings is 1. The van der Waals surface area contributed by atoms with Crippen molar-refractivity contribution in [3.8, 4) is 5.75 Å². The van der Waals surface area contributed by atoms with Crippen molar-refractivity contribution >= 4 is 11.3 Å². The van der Waals surface area contributed by atoms with E-state index in [4.69, 9.17) is 10.5 Å². The Hall–Kier alpha value is -1.32. The molecule has 0 aliphatic heterocycles. The summed E-state index contributed by atoms with van der Waals surface area (Å²) in [5, 5.41) is 0. The number of thiophene rings is 1. The zero-order valence-corrected chi connectivity index (χ0v) is 12.7. The van der Waals surface area contributed by atoms with Gasteiger partial charge in [-0.3, -0.25) is 0 Å². The molecule has 1 aliphatic rings. The molecule has 0 spiro atoms. The van der Waals surface area contributed by atoms with Crippen LogP contribution in [0.1, 0.15) is 46.7 Å². The molecular formula is C17H21NOS. The molecule has 1 unspecified atom stereocenters. The SMILES string of the molecule is CCOc1ccccc1C(N)c1cc2c(s1)CCCC2. The van der Waals surface area contributed by atoms with Gasteiger partial charge >= 0.3 is 0 Å². The van der Waals surface area contributed by atoms with Gasteiger partial charge in [0, 0.05) is 15.3 Å². The summed E-state index contributed by atoms with van der Waals surface area (Å²) in [6.45, 7) is 2.68. The van der Waals surface area contributed by atoms with E-state index in [0.29, 0.717) is 6.61 Å². The molecule has 0 fully saturated rings. The van der Waals surface area contributed by atoms with Crippen molar-refractivity contribution < 1.29 is 4.74 Å². The number of aryl methyl sites for hydroxylation is 2. The van der Waals surface area contributed by atoms with Crippen molar-refractivity contribution in [3.63, 3.8) is 0 Å². The molecule has 2 aromatic rings. The fourth-order valence-corrected chi connectivity index (χ4v) is 4.12. The first-order valence-corrected chi connectivity index (χ1v) is 8.20. The topological polar surface area (TPSA) is 35.2 Å². The summed E-state index contributed by atoms with van der Waals surface area (Å²) in [5.74, 6) is 0.911. The molecule has 0 saturated heterocycles. The van der Waals surface area contributed by atoms with E-state index in [1.54, 1.807) is 0 Å². The number of rotatable bonds is 4. The minimum absolute atomic E-state index is 0.0756. The van der Waals surface area contributed by atoms with Gasteiger partial charge in [0.15, 0.2) is 0 Å². The van der Waals surface area contributed by atoms with Gasteiger partial charge in [0.25, 0.3) is 0 Å². The van der Waals surface area contributed by atoms with Crippen molar-refractivity contribution in [2.75, 3.05) is 6.61 Å². The average molecular weight is 287 g/mol. The summed E-state index contributed by atoms with van der Waals surface area (Å²) in [4.78, 5) is 2.81. The van der Waals surface area contributed by atoms with Gasteiger partial charge in [0.1, 0.15) is 5.75 Å². The van der Waals surface area contributed by atoms with Gasteiger partial charge in [-0.1, -0.05) is 18.2 Å². The molecule has 1 aliphatic carbocycles. The Morgan fingerprint density at radius 1 is 1.25 bits per heavy atom. The molecule has 1 aromatic heterocycles. The fourth-order valence-electron chi connectivity index (χ4n) is 2.84.